The first-order valence-corrected chi connectivity index (χ1v) is 5.52. The van der Waals surface area contributed by atoms with Crippen molar-refractivity contribution >= 4 is 23.9 Å². The number of benzene rings is 1. The van der Waals surface area contributed by atoms with Gasteiger partial charge in [-0.2, -0.15) is 10.1 Å². The molecule has 4 nitrogen and oxygen atoms in total. The van der Waals surface area contributed by atoms with E-state index in [0.29, 0.717) is 5.57 Å². The highest BCUT2D eigenvalue weighted by Gasteiger charge is 2.23. The fourth-order valence-corrected chi connectivity index (χ4v) is 1.74. The Bertz CT molecular complexity index is 613. The van der Waals surface area contributed by atoms with Crippen LogP contribution >= 0.6 is 0 Å². The fourth-order valence-electron chi connectivity index (χ4n) is 1.74. The molecule has 0 spiro atoms. The summed E-state index contributed by atoms with van der Waals surface area (Å²) in [6.45, 7) is 0. The molecule has 4 heteroatoms. The van der Waals surface area contributed by atoms with Gasteiger partial charge in [0, 0.05) is 5.56 Å². The van der Waals surface area contributed by atoms with E-state index in [0.717, 1.165) is 11.3 Å². The van der Waals surface area contributed by atoms with Crippen LogP contribution < -0.4 is 5.01 Å². The SMILES string of the molecule is O=C1/C(=C/c2ccoc2)C=NN1c1ccccc1. The molecule has 2 heterocycles. The van der Waals surface area contributed by atoms with Crippen molar-refractivity contribution < 1.29 is 9.21 Å². The largest absolute Gasteiger partial charge is 0.472 e. The Morgan fingerprint density at radius 3 is 2.72 bits per heavy atom. The number of carbonyl (C=O) groups is 1. The number of nitrogens with zero attached hydrogens (tertiary/aromatic N) is 2. The Morgan fingerprint density at radius 2 is 2.00 bits per heavy atom. The minimum Gasteiger partial charge on any atom is -0.472 e. The lowest BCUT2D eigenvalue weighted by Crippen LogP contribution is -2.20. The molecule has 0 atom stereocenters. The maximum atomic E-state index is 12.1. The van der Waals surface area contributed by atoms with Gasteiger partial charge < -0.3 is 4.42 Å². The van der Waals surface area contributed by atoms with Crippen molar-refractivity contribution in [3.8, 4) is 0 Å². The molecular weight excluding hydrogens is 228 g/mol. The summed E-state index contributed by atoms with van der Waals surface area (Å²) in [7, 11) is 0. The lowest BCUT2D eigenvalue weighted by Gasteiger charge is -2.10. The third-order valence-corrected chi connectivity index (χ3v) is 2.62. The monoisotopic (exact) mass is 238 g/mol. The number of anilines is 1. The average Bonchev–Trinajstić information content (AvgIpc) is 3.03. The summed E-state index contributed by atoms with van der Waals surface area (Å²) >= 11 is 0. The summed E-state index contributed by atoms with van der Waals surface area (Å²) in [5.41, 5.74) is 2.15. The van der Waals surface area contributed by atoms with Gasteiger partial charge in [0.05, 0.1) is 30.0 Å². The Labute approximate surface area is 104 Å². The van der Waals surface area contributed by atoms with Gasteiger partial charge in [0.25, 0.3) is 5.91 Å². The standard InChI is InChI=1S/C14H10N2O2/c17-14-12(8-11-6-7-18-10-11)9-15-16(14)13-4-2-1-3-5-13/h1-10H/b12-8+. The van der Waals surface area contributed by atoms with Crippen LogP contribution in [0.15, 0.2) is 64.0 Å². The van der Waals surface area contributed by atoms with E-state index in [2.05, 4.69) is 5.10 Å². The van der Waals surface area contributed by atoms with Gasteiger partial charge in [0.2, 0.25) is 0 Å². The number of carbonyl (C=O) groups excluding carboxylic acids is 1. The van der Waals surface area contributed by atoms with Crippen molar-refractivity contribution in [2.24, 2.45) is 5.10 Å². The molecule has 0 unspecified atom stereocenters. The Balaban J connectivity index is 1.88. The predicted octanol–water partition coefficient (Wildman–Crippen LogP) is 2.70. The van der Waals surface area contributed by atoms with Gasteiger partial charge >= 0.3 is 0 Å². The summed E-state index contributed by atoms with van der Waals surface area (Å²) in [6, 6.07) is 11.1. The molecule has 0 saturated carbocycles. The van der Waals surface area contributed by atoms with Gasteiger partial charge in [0.15, 0.2) is 0 Å². The molecule has 1 aliphatic rings. The lowest BCUT2D eigenvalue weighted by atomic mass is 10.2. The van der Waals surface area contributed by atoms with E-state index in [1.54, 1.807) is 30.9 Å². The molecule has 2 aromatic rings. The first-order chi connectivity index (χ1) is 8.84. The fraction of sp³-hybridized carbons (Fsp3) is 0. The van der Waals surface area contributed by atoms with Gasteiger partial charge in [-0.15, -0.1) is 0 Å². The number of furan rings is 1. The van der Waals surface area contributed by atoms with Crippen molar-refractivity contribution in [3.05, 3.63) is 60.1 Å². The summed E-state index contributed by atoms with van der Waals surface area (Å²) in [4.78, 5) is 12.1. The van der Waals surface area contributed by atoms with Crippen LogP contribution in [0.4, 0.5) is 5.69 Å². The molecule has 0 fully saturated rings. The summed E-state index contributed by atoms with van der Waals surface area (Å²) in [5.74, 6) is -0.137. The molecule has 0 bridgehead atoms. The van der Waals surface area contributed by atoms with E-state index in [1.165, 1.54) is 5.01 Å². The molecule has 0 aliphatic carbocycles. The Kier molecular flexibility index (Phi) is 2.53. The Morgan fingerprint density at radius 1 is 1.17 bits per heavy atom. The van der Waals surface area contributed by atoms with Gasteiger partial charge in [-0.25, -0.2) is 0 Å². The molecule has 1 amide bonds. The molecular formula is C14H10N2O2. The van der Waals surface area contributed by atoms with Crippen LogP contribution in [0.5, 0.6) is 0 Å². The molecule has 18 heavy (non-hydrogen) atoms. The highest BCUT2D eigenvalue weighted by atomic mass is 16.3. The topological polar surface area (TPSA) is 45.8 Å². The maximum Gasteiger partial charge on any atom is 0.280 e. The van der Waals surface area contributed by atoms with E-state index in [4.69, 9.17) is 4.42 Å². The van der Waals surface area contributed by atoms with Crippen molar-refractivity contribution in [1.29, 1.82) is 0 Å². The second-order valence-corrected chi connectivity index (χ2v) is 3.85. The second kappa shape index (κ2) is 4.33. The van der Waals surface area contributed by atoms with E-state index < -0.39 is 0 Å². The van der Waals surface area contributed by atoms with Crippen molar-refractivity contribution in [1.82, 2.24) is 0 Å². The first-order valence-electron chi connectivity index (χ1n) is 5.52. The van der Waals surface area contributed by atoms with Crippen LogP contribution in [-0.2, 0) is 4.79 Å². The van der Waals surface area contributed by atoms with Crippen LogP contribution in [-0.4, -0.2) is 12.1 Å². The number of para-hydroxylation sites is 1. The minimum absolute atomic E-state index is 0.137. The number of hydrogen-bond donors (Lipinski definition) is 0. The molecule has 1 aromatic carbocycles. The molecule has 0 saturated heterocycles. The van der Waals surface area contributed by atoms with E-state index in [1.807, 2.05) is 30.3 Å². The first kappa shape index (κ1) is 10.5. The van der Waals surface area contributed by atoms with Crippen molar-refractivity contribution in [3.63, 3.8) is 0 Å². The van der Waals surface area contributed by atoms with Crippen molar-refractivity contribution in [2.45, 2.75) is 0 Å². The normalized spacial score (nSPS) is 16.8. The highest BCUT2D eigenvalue weighted by molar-refractivity contribution is 6.25. The quantitative estimate of drug-likeness (QED) is 0.755. The van der Waals surface area contributed by atoms with Crippen LogP contribution in [0.2, 0.25) is 0 Å². The minimum atomic E-state index is -0.137. The van der Waals surface area contributed by atoms with Gasteiger partial charge in [-0.1, -0.05) is 18.2 Å². The number of hydrazone groups is 1. The third-order valence-electron chi connectivity index (χ3n) is 2.62. The maximum absolute atomic E-state index is 12.1. The Hall–Kier alpha value is -2.62. The van der Waals surface area contributed by atoms with Gasteiger partial charge in [-0.05, 0) is 24.3 Å². The summed E-state index contributed by atoms with van der Waals surface area (Å²) < 4.78 is 4.96. The van der Waals surface area contributed by atoms with Gasteiger partial charge in [0.1, 0.15) is 0 Å². The highest BCUT2D eigenvalue weighted by Crippen LogP contribution is 2.21. The molecule has 3 rings (SSSR count). The predicted molar refractivity (Wildman–Crippen MR) is 69.1 cm³/mol. The number of amides is 1. The van der Waals surface area contributed by atoms with E-state index >= 15 is 0 Å². The molecule has 1 aliphatic heterocycles. The zero-order valence-electron chi connectivity index (χ0n) is 9.48. The molecule has 0 N–H and O–H groups in total. The summed E-state index contributed by atoms with van der Waals surface area (Å²) in [5, 5.41) is 5.49. The molecule has 1 aromatic heterocycles. The second-order valence-electron chi connectivity index (χ2n) is 3.85. The average molecular weight is 238 g/mol. The van der Waals surface area contributed by atoms with E-state index in [-0.39, 0.29) is 5.91 Å². The lowest BCUT2D eigenvalue weighted by molar-refractivity contribution is -0.114. The van der Waals surface area contributed by atoms with Crippen LogP contribution in [0.25, 0.3) is 6.08 Å². The zero-order valence-corrected chi connectivity index (χ0v) is 9.48. The smallest absolute Gasteiger partial charge is 0.280 e. The van der Waals surface area contributed by atoms with Gasteiger partial charge in [-0.3, -0.25) is 4.79 Å². The zero-order chi connectivity index (χ0) is 12.4. The molecule has 0 radical (unpaired) electrons. The van der Waals surface area contributed by atoms with Crippen molar-refractivity contribution in [2.75, 3.05) is 5.01 Å². The number of hydrogen-bond acceptors (Lipinski definition) is 3. The van der Waals surface area contributed by atoms with Crippen LogP contribution in [0.1, 0.15) is 5.56 Å². The molecule has 88 valence electrons. The number of rotatable bonds is 2. The van der Waals surface area contributed by atoms with Crippen LogP contribution in [0.3, 0.4) is 0 Å². The summed E-state index contributed by atoms with van der Waals surface area (Å²) in [6.07, 6.45) is 6.46. The third kappa shape index (κ3) is 1.84. The van der Waals surface area contributed by atoms with E-state index in [9.17, 15) is 4.79 Å². The van der Waals surface area contributed by atoms with Crippen LogP contribution in [0, 0.1) is 0 Å².